The summed E-state index contributed by atoms with van der Waals surface area (Å²) >= 11 is 0. The fraction of sp³-hybridized carbons (Fsp3) is 0.467. The van der Waals surface area contributed by atoms with Gasteiger partial charge in [-0.15, -0.1) is 0 Å². The molecule has 2 aromatic carbocycles. The molecule has 0 aromatic heterocycles. The van der Waals surface area contributed by atoms with Gasteiger partial charge in [0.1, 0.15) is 17.3 Å². The zero-order chi connectivity index (χ0) is 26.9. The molecule has 2 aromatic rings. The fourth-order valence-corrected chi connectivity index (χ4v) is 4.58. The summed E-state index contributed by atoms with van der Waals surface area (Å²) in [5.41, 5.74) is 1.29. The first-order chi connectivity index (χ1) is 17.8. The molecule has 3 rings (SSSR count). The highest BCUT2D eigenvalue weighted by atomic mass is 16.5. The SMILES string of the molecule is CCCOc1cccc([C@@H]2C(=C(O)c3ccc(OC(C)C)cc3)C(=O)C(=O)N2CCCN(CC)CC)c1. The Labute approximate surface area is 220 Å². The number of Topliss-reactive ketones (excluding diaryl/α,β-unsaturated/α-hetero) is 1. The average Bonchev–Trinajstić information content (AvgIpc) is 3.15. The van der Waals surface area contributed by atoms with Gasteiger partial charge >= 0.3 is 0 Å². The third-order valence-corrected chi connectivity index (χ3v) is 6.45. The number of aliphatic hydroxyl groups excluding tert-OH is 1. The van der Waals surface area contributed by atoms with Gasteiger partial charge in [-0.05, 0) is 88.3 Å². The maximum Gasteiger partial charge on any atom is 0.295 e. The summed E-state index contributed by atoms with van der Waals surface area (Å²) in [6.07, 6.45) is 1.60. The molecule has 0 radical (unpaired) electrons. The van der Waals surface area contributed by atoms with E-state index in [-0.39, 0.29) is 17.4 Å². The van der Waals surface area contributed by atoms with Gasteiger partial charge < -0.3 is 24.4 Å². The normalized spacial score (nSPS) is 17.2. The average molecular weight is 509 g/mol. The summed E-state index contributed by atoms with van der Waals surface area (Å²) in [4.78, 5) is 30.4. The second-order valence-electron chi connectivity index (χ2n) is 9.48. The van der Waals surface area contributed by atoms with Crippen LogP contribution in [-0.4, -0.2) is 65.5 Å². The summed E-state index contributed by atoms with van der Waals surface area (Å²) in [5, 5.41) is 11.3. The molecular weight excluding hydrogens is 468 g/mol. The standard InChI is InChI=1S/C30H40N2O5/c1-6-19-36-25-12-9-11-23(20-25)27-26(28(33)22-13-15-24(16-14-22)37-21(4)5)29(34)30(35)32(27)18-10-17-31(7-2)8-3/h9,11-16,20-21,27,33H,6-8,10,17-19H2,1-5H3/t27-/m1/s1. The Morgan fingerprint density at radius 3 is 2.35 bits per heavy atom. The van der Waals surface area contributed by atoms with Crippen molar-refractivity contribution in [2.75, 3.05) is 32.8 Å². The van der Waals surface area contributed by atoms with Crippen LogP contribution in [-0.2, 0) is 9.59 Å². The van der Waals surface area contributed by atoms with E-state index in [0.29, 0.717) is 30.2 Å². The Morgan fingerprint density at radius 1 is 1.03 bits per heavy atom. The highest BCUT2D eigenvalue weighted by Crippen LogP contribution is 2.40. The number of benzene rings is 2. The van der Waals surface area contributed by atoms with Crippen LogP contribution in [0.5, 0.6) is 11.5 Å². The van der Waals surface area contributed by atoms with Crippen molar-refractivity contribution < 1.29 is 24.2 Å². The molecule has 1 atom stereocenters. The molecule has 37 heavy (non-hydrogen) atoms. The fourth-order valence-electron chi connectivity index (χ4n) is 4.58. The van der Waals surface area contributed by atoms with Gasteiger partial charge in [-0.3, -0.25) is 9.59 Å². The molecule has 1 saturated heterocycles. The Bertz CT molecular complexity index is 1090. The summed E-state index contributed by atoms with van der Waals surface area (Å²) in [6.45, 7) is 13.8. The smallest absolute Gasteiger partial charge is 0.295 e. The molecule has 1 N–H and O–H groups in total. The maximum absolute atomic E-state index is 13.3. The largest absolute Gasteiger partial charge is 0.507 e. The van der Waals surface area contributed by atoms with Crippen molar-refractivity contribution in [3.05, 3.63) is 65.2 Å². The molecule has 1 amide bonds. The van der Waals surface area contributed by atoms with Crippen molar-refractivity contribution in [1.29, 1.82) is 0 Å². The van der Waals surface area contributed by atoms with Crippen LogP contribution >= 0.6 is 0 Å². The molecule has 0 aliphatic carbocycles. The van der Waals surface area contributed by atoms with Crippen LogP contribution in [0.2, 0.25) is 0 Å². The number of likely N-dealkylation sites (tertiary alicyclic amines) is 1. The molecule has 200 valence electrons. The summed E-state index contributed by atoms with van der Waals surface area (Å²) in [5.74, 6) is -0.118. The summed E-state index contributed by atoms with van der Waals surface area (Å²) in [7, 11) is 0. The predicted octanol–water partition coefficient (Wildman–Crippen LogP) is 5.42. The molecule has 7 nitrogen and oxygen atoms in total. The van der Waals surface area contributed by atoms with Crippen molar-refractivity contribution in [1.82, 2.24) is 9.80 Å². The van der Waals surface area contributed by atoms with E-state index >= 15 is 0 Å². The number of ether oxygens (including phenoxy) is 2. The number of hydrogen-bond donors (Lipinski definition) is 1. The second-order valence-corrected chi connectivity index (χ2v) is 9.48. The second kappa shape index (κ2) is 13.3. The van der Waals surface area contributed by atoms with Gasteiger partial charge in [-0.25, -0.2) is 0 Å². The van der Waals surface area contributed by atoms with Crippen LogP contribution in [0.25, 0.3) is 5.76 Å². The lowest BCUT2D eigenvalue weighted by Crippen LogP contribution is -2.33. The summed E-state index contributed by atoms with van der Waals surface area (Å²) < 4.78 is 11.5. The van der Waals surface area contributed by atoms with Crippen LogP contribution < -0.4 is 9.47 Å². The minimum absolute atomic E-state index is 0.0170. The molecule has 1 aliphatic rings. The van der Waals surface area contributed by atoms with Crippen molar-refractivity contribution in [3.63, 3.8) is 0 Å². The highest BCUT2D eigenvalue weighted by Gasteiger charge is 2.45. The number of rotatable bonds is 13. The van der Waals surface area contributed by atoms with Gasteiger partial charge in [0.2, 0.25) is 0 Å². The van der Waals surface area contributed by atoms with E-state index in [1.165, 1.54) is 0 Å². The number of carbonyl (C=O) groups excluding carboxylic acids is 2. The van der Waals surface area contributed by atoms with Crippen LogP contribution in [0.1, 0.15) is 64.6 Å². The maximum atomic E-state index is 13.3. The molecule has 0 bridgehead atoms. The molecule has 1 heterocycles. The summed E-state index contributed by atoms with van der Waals surface area (Å²) in [6, 6.07) is 13.7. The Hall–Kier alpha value is -3.32. The van der Waals surface area contributed by atoms with Gasteiger partial charge in [-0.2, -0.15) is 0 Å². The number of carbonyl (C=O) groups is 2. The van der Waals surface area contributed by atoms with Crippen LogP contribution in [0.4, 0.5) is 0 Å². The van der Waals surface area contributed by atoms with E-state index in [4.69, 9.17) is 9.47 Å². The van der Waals surface area contributed by atoms with Crippen molar-refractivity contribution in [3.8, 4) is 11.5 Å². The number of ketones is 1. The van der Waals surface area contributed by atoms with E-state index < -0.39 is 17.7 Å². The lowest BCUT2D eigenvalue weighted by Gasteiger charge is -2.27. The molecule has 0 saturated carbocycles. The Kier molecular flexibility index (Phi) is 10.1. The van der Waals surface area contributed by atoms with Gasteiger partial charge in [0, 0.05) is 12.1 Å². The van der Waals surface area contributed by atoms with E-state index in [1.807, 2.05) is 45.0 Å². The van der Waals surface area contributed by atoms with Crippen LogP contribution in [0, 0.1) is 0 Å². The Balaban J connectivity index is 2.02. The first-order valence-corrected chi connectivity index (χ1v) is 13.3. The number of amides is 1. The van der Waals surface area contributed by atoms with Gasteiger partial charge in [0.25, 0.3) is 11.7 Å². The molecule has 1 fully saturated rings. The minimum Gasteiger partial charge on any atom is -0.507 e. The zero-order valence-electron chi connectivity index (χ0n) is 22.7. The lowest BCUT2D eigenvalue weighted by molar-refractivity contribution is -0.140. The van der Waals surface area contributed by atoms with E-state index in [2.05, 4.69) is 18.7 Å². The van der Waals surface area contributed by atoms with Crippen molar-refractivity contribution in [2.24, 2.45) is 0 Å². The molecule has 7 heteroatoms. The van der Waals surface area contributed by atoms with Crippen LogP contribution in [0.3, 0.4) is 0 Å². The van der Waals surface area contributed by atoms with Gasteiger partial charge in [0.15, 0.2) is 0 Å². The van der Waals surface area contributed by atoms with Crippen LogP contribution in [0.15, 0.2) is 54.1 Å². The third-order valence-electron chi connectivity index (χ3n) is 6.45. The highest BCUT2D eigenvalue weighted by molar-refractivity contribution is 6.46. The first kappa shape index (κ1) is 28.3. The monoisotopic (exact) mass is 508 g/mol. The Morgan fingerprint density at radius 2 is 1.73 bits per heavy atom. The number of aliphatic hydroxyl groups is 1. The molecule has 0 spiro atoms. The van der Waals surface area contributed by atoms with E-state index in [1.54, 1.807) is 29.2 Å². The zero-order valence-corrected chi connectivity index (χ0v) is 22.7. The minimum atomic E-state index is -0.700. The lowest BCUT2D eigenvalue weighted by atomic mass is 9.95. The van der Waals surface area contributed by atoms with Gasteiger partial charge in [-0.1, -0.05) is 32.9 Å². The van der Waals surface area contributed by atoms with E-state index in [9.17, 15) is 14.7 Å². The molecular formula is C30H40N2O5. The number of hydrogen-bond acceptors (Lipinski definition) is 6. The molecule has 0 unspecified atom stereocenters. The van der Waals surface area contributed by atoms with Crippen molar-refractivity contribution >= 4 is 17.4 Å². The molecule has 1 aliphatic heterocycles. The van der Waals surface area contributed by atoms with Gasteiger partial charge in [0.05, 0.1) is 24.3 Å². The third kappa shape index (κ3) is 6.92. The number of nitrogens with zero attached hydrogens (tertiary/aromatic N) is 2. The van der Waals surface area contributed by atoms with Crippen molar-refractivity contribution in [2.45, 2.75) is 59.6 Å². The predicted molar refractivity (Wildman–Crippen MR) is 146 cm³/mol. The first-order valence-electron chi connectivity index (χ1n) is 13.3. The quantitative estimate of drug-likeness (QED) is 0.221. The topological polar surface area (TPSA) is 79.3 Å². The van der Waals surface area contributed by atoms with E-state index in [0.717, 1.165) is 38.0 Å².